The van der Waals surface area contributed by atoms with Crippen molar-refractivity contribution in [2.24, 2.45) is 0 Å². The molecule has 1 unspecified atom stereocenters. The summed E-state index contributed by atoms with van der Waals surface area (Å²) in [7, 11) is 0. The average molecular weight is 495 g/mol. The van der Waals surface area contributed by atoms with E-state index in [1.807, 2.05) is 17.0 Å². The molecule has 1 fully saturated rings. The first kappa shape index (κ1) is 23.5. The van der Waals surface area contributed by atoms with Gasteiger partial charge in [-0.25, -0.2) is 0 Å². The molecule has 2 aromatic carbocycles. The smallest absolute Gasteiger partial charge is 0.417 e. The van der Waals surface area contributed by atoms with Gasteiger partial charge >= 0.3 is 6.18 Å². The lowest BCUT2D eigenvalue weighted by Crippen LogP contribution is -2.24. The molecule has 0 amide bonds. The van der Waals surface area contributed by atoms with Crippen molar-refractivity contribution in [3.63, 3.8) is 0 Å². The van der Waals surface area contributed by atoms with Gasteiger partial charge in [0.25, 0.3) is 0 Å². The van der Waals surface area contributed by atoms with E-state index in [0.29, 0.717) is 31.3 Å². The van der Waals surface area contributed by atoms with Crippen molar-refractivity contribution >= 4 is 21.6 Å². The number of benzene rings is 2. The molecule has 0 aliphatic carbocycles. The summed E-state index contributed by atoms with van der Waals surface area (Å²) in [6.45, 7) is 2.08. The lowest BCUT2D eigenvalue weighted by atomic mass is 9.92. The minimum Gasteiger partial charge on any atom is -0.494 e. The monoisotopic (exact) mass is 494 g/mol. The van der Waals surface area contributed by atoms with Crippen LogP contribution in [0, 0.1) is 11.3 Å². The van der Waals surface area contributed by atoms with Crippen molar-refractivity contribution in [3.8, 4) is 11.8 Å². The number of nitrogens with zero attached hydrogens (tertiary/aromatic N) is 2. The van der Waals surface area contributed by atoms with Gasteiger partial charge in [0, 0.05) is 24.1 Å². The molecule has 2 aromatic rings. The number of hydrogen-bond donors (Lipinski definition) is 0. The minimum absolute atomic E-state index is 0.335. The Hall–Kier alpha value is -2.20. The maximum Gasteiger partial charge on any atom is 0.417 e. The maximum absolute atomic E-state index is 13.3. The molecule has 1 heterocycles. The summed E-state index contributed by atoms with van der Waals surface area (Å²) in [4.78, 5) is 2.00. The van der Waals surface area contributed by atoms with Crippen LogP contribution >= 0.6 is 15.9 Å². The molecule has 1 saturated heterocycles. The maximum atomic E-state index is 13.3. The largest absolute Gasteiger partial charge is 0.494 e. The Morgan fingerprint density at radius 1 is 1.06 bits per heavy atom. The third-order valence-corrected chi connectivity index (χ3v) is 6.23. The summed E-state index contributed by atoms with van der Waals surface area (Å²) < 4.78 is 45.7. The zero-order chi connectivity index (χ0) is 22.3. The van der Waals surface area contributed by atoms with Crippen LogP contribution in [0.1, 0.15) is 54.7 Å². The van der Waals surface area contributed by atoms with Crippen molar-refractivity contribution < 1.29 is 17.9 Å². The molecule has 1 aliphatic rings. The number of nitriles is 1. The van der Waals surface area contributed by atoms with Crippen LogP contribution in [0.4, 0.5) is 18.9 Å². The molecule has 0 N–H and O–H groups in total. The molecule has 0 saturated carbocycles. The number of alkyl halides is 4. The van der Waals surface area contributed by atoms with Crippen LogP contribution in [0.25, 0.3) is 0 Å². The van der Waals surface area contributed by atoms with Gasteiger partial charge in [-0.1, -0.05) is 28.1 Å². The molecule has 7 heteroatoms. The molecule has 1 aliphatic heterocycles. The molecule has 0 aromatic heterocycles. The quantitative estimate of drug-likeness (QED) is 0.310. The standard InChI is InChI=1S/C24H26BrF3N2O/c25-12-1-2-15-31-22-9-6-19(7-10-22)18-4-3-13-30(14-11-18)21-8-5-20(17-29)23(16-21)24(26,27)28/h5-10,16,18H,1-4,11-15H2. The molecule has 31 heavy (non-hydrogen) atoms. The van der Waals surface area contributed by atoms with E-state index in [1.165, 1.54) is 11.6 Å². The first-order valence-electron chi connectivity index (χ1n) is 10.6. The van der Waals surface area contributed by atoms with Crippen molar-refractivity contribution in [2.45, 2.75) is 44.2 Å². The van der Waals surface area contributed by atoms with Crippen molar-refractivity contribution in [2.75, 3.05) is 29.9 Å². The molecule has 0 bridgehead atoms. The Morgan fingerprint density at radius 3 is 2.52 bits per heavy atom. The van der Waals surface area contributed by atoms with Gasteiger partial charge in [0.05, 0.1) is 23.8 Å². The zero-order valence-electron chi connectivity index (χ0n) is 17.3. The highest BCUT2D eigenvalue weighted by molar-refractivity contribution is 9.09. The highest BCUT2D eigenvalue weighted by atomic mass is 79.9. The van der Waals surface area contributed by atoms with E-state index < -0.39 is 11.7 Å². The molecule has 1 atom stereocenters. The summed E-state index contributed by atoms with van der Waals surface area (Å²) in [6.07, 6.45) is 0.318. The predicted octanol–water partition coefficient (Wildman–Crippen LogP) is 6.91. The zero-order valence-corrected chi connectivity index (χ0v) is 18.9. The fourth-order valence-corrected chi connectivity index (χ4v) is 4.37. The predicted molar refractivity (Wildman–Crippen MR) is 120 cm³/mol. The SMILES string of the molecule is N#Cc1ccc(N2CCCC(c3ccc(OCCCCBr)cc3)CC2)cc1C(F)(F)F. The van der Waals surface area contributed by atoms with Crippen LogP contribution in [0.3, 0.4) is 0 Å². The lowest BCUT2D eigenvalue weighted by molar-refractivity contribution is -0.137. The fraction of sp³-hybridized carbons (Fsp3) is 0.458. The highest BCUT2D eigenvalue weighted by Crippen LogP contribution is 2.36. The van der Waals surface area contributed by atoms with E-state index in [1.54, 1.807) is 12.1 Å². The van der Waals surface area contributed by atoms with Crippen LogP contribution in [-0.4, -0.2) is 25.0 Å². The third kappa shape index (κ3) is 6.39. The summed E-state index contributed by atoms with van der Waals surface area (Å²) in [5.74, 6) is 1.23. The first-order valence-corrected chi connectivity index (χ1v) is 11.7. The third-order valence-electron chi connectivity index (χ3n) is 5.67. The van der Waals surface area contributed by atoms with Crippen molar-refractivity contribution in [1.29, 1.82) is 5.26 Å². The van der Waals surface area contributed by atoms with E-state index in [9.17, 15) is 13.2 Å². The van der Waals surface area contributed by atoms with E-state index in [2.05, 4.69) is 28.1 Å². The first-order chi connectivity index (χ1) is 14.9. The minimum atomic E-state index is -4.53. The number of hydrogen-bond acceptors (Lipinski definition) is 3. The van der Waals surface area contributed by atoms with Crippen molar-refractivity contribution in [3.05, 3.63) is 59.2 Å². The Labute approximate surface area is 189 Å². The molecule has 0 radical (unpaired) electrons. The number of anilines is 1. The number of halogens is 4. The second-order valence-electron chi connectivity index (χ2n) is 7.77. The van der Waals surface area contributed by atoms with Gasteiger partial charge < -0.3 is 9.64 Å². The van der Waals surface area contributed by atoms with E-state index in [-0.39, 0.29) is 5.56 Å². The molecule has 166 valence electrons. The molecule has 3 nitrogen and oxygen atoms in total. The Kier molecular flexibility index (Phi) is 8.25. The normalized spacial score (nSPS) is 17.1. The van der Waals surface area contributed by atoms with Crippen LogP contribution in [0.15, 0.2) is 42.5 Å². The fourth-order valence-electron chi connectivity index (χ4n) is 3.97. The summed E-state index contributed by atoms with van der Waals surface area (Å²) in [5.41, 5.74) is 0.572. The Bertz CT molecular complexity index is 893. The van der Waals surface area contributed by atoms with Crippen LogP contribution in [0.5, 0.6) is 5.75 Å². The summed E-state index contributed by atoms with van der Waals surface area (Å²) in [5, 5.41) is 9.99. The van der Waals surface area contributed by atoms with Crippen LogP contribution in [-0.2, 0) is 6.18 Å². The Balaban J connectivity index is 1.64. The highest BCUT2D eigenvalue weighted by Gasteiger charge is 2.34. The van der Waals surface area contributed by atoms with Gasteiger partial charge in [-0.2, -0.15) is 18.4 Å². The van der Waals surface area contributed by atoms with E-state index in [4.69, 9.17) is 10.00 Å². The van der Waals surface area contributed by atoms with Crippen molar-refractivity contribution in [1.82, 2.24) is 0 Å². The Morgan fingerprint density at radius 2 is 1.84 bits per heavy atom. The van der Waals surface area contributed by atoms with Gasteiger partial charge in [0.2, 0.25) is 0 Å². The second-order valence-corrected chi connectivity index (χ2v) is 8.56. The van der Waals surface area contributed by atoms with E-state index >= 15 is 0 Å². The molecule has 3 rings (SSSR count). The number of ether oxygens (including phenoxy) is 1. The van der Waals surface area contributed by atoms with E-state index in [0.717, 1.165) is 49.3 Å². The van der Waals surface area contributed by atoms with Gasteiger partial charge in [0.1, 0.15) is 5.75 Å². The molecular formula is C24H26BrF3N2O. The van der Waals surface area contributed by atoms with Crippen LogP contribution < -0.4 is 9.64 Å². The summed E-state index contributed by atoms with van der Waals surface area (Å²) >= 11 is 3.41. The molecule has 0 spiro atoms. The van der Waals surface area contributed by atoms with Gasteiger partial charge in [-0.05, 0) is 73.9 Å². The number of rotatable bonds is 7. The number of unbranched alkanes of at least 4 members (excludes halogenated alkanes) is 1. The molecular weight excluding hydrogens is 469 g/mol. The lowest BCUT2D eigenvalue weighted by Gasteiger charge is -2.24. The van der Waals surface area contributed by atoms with Gasteiger partial charge in [0.15, 0.2) is 0 Å². The van der Waals surface area contributed by atoms with Gasteiger partial charge in [-0.15, -0.1) is 0 Å². The van der Waals surface area contributed by atoms with Crippen LogP contribution in [0.2, 0.25) is 0 Å². The second kappa shape index (κ2) is 10.9. The topological polar surface area (TPSA) is 36.3 Å². The van der Waals surface area contributed by atoms with Gasteiger partial charge in [-0.3, -0.25) is 0 Å². The average Bonchev–Trinajstić information content (AvgIpc) is 3.02. The summed E-state index contributed by atoms with van der Waals surface area (Å²) in [6, 6.07) is 13.9.